The maximum absolute atomic E-state index is 12.9. The van der Waals surface area contributed by atoms with Crippen LogP contribution in [0.1, 0.15) is 5.56 Å². The van der Waals surface area contributed by atoms with E-state index in [9.17, 15) is 13.2 Å². The first-order valence-electron chi connectivity index (χ1n) is 5.09. The normalized spacial score (nSPS) is 11.5. The number of aromatic nitrogens is 2. The van der Waals surface area contributed by atoms with Gasteiger partial charge in [0.2, 0.25) is 0 Å². The Balaban J connectivity index is 2.46. The van der Waals surface area contributed by atoms with E-state index in [1.807, 2.05) is 0 Å². The second-order valence-corrected chi connectivity index (χ2v) is 5.23. The summed E-state index contributed by atoms with van der Waals surface area (Å²) in [7, 11) is 0. The highest BCUT2D eigenvalue weighted by molar-refractivity contribution is 9.10. The molecule has 0 fully saturated rings. The van der Waals surface area contributed by atoms with Gasteiger partial charge in [-0.3, -0.25) is 0 Å². The van der Waals surface area contributed by atoms with Crippen molar-refractivity contribution in [1.82, 2.24) is 9.97 Å². The minimum Gasteiger partial charge on any atom is -0.339 e. The molecule has 1 N–H and O–H groups in total. The summed E-state index contributed by atoms with van der Waals surface area (Å²) in [5, 5.41) is 2.63. The van der Waals surface area contributed by atoms with E-state index >= 15 is 0 Å². The van der Waals surface area contributed by atoms with E-state index in [0.29, 0.717) is 0 Å². The Bertz CT molecular complexity index is 649. The third kappa shape index (κ3) is 3.34. The summed E-state index contributed by atoms with van der Waals surface area (Å²) < 4.78 is 39.1. The van der Waals surface area contributed by atoms with Crippen molar-refractivity contribution in [2.75, 3.05) is 5.32 Å². The van der Waals surface area contributed by atoms with Crippen molar-refractivity contribution in [2.45, 2.75) is 6.18 Å². The van der Waals surface area contributed by atoms with Crippen molar-refractivity contribution in [3.8, 4) is 0 Å². The molecule has 2 aromatic rings. The minimum absolute atomic E-state index is 0.0114. The van der Waals surface area contributed by atoms with E-state index in [4.69, 9.17) is 23.2 Å². The second kappa shape index (κ2) is 5.75. The van der Waals surface area contributed by atoms with Crippen LogP contribution in [0.2, 0.25) is 10.2 Å². The van der Waals surface area contributed by atoms with Gasteiger partial charge in [0.15, 0.2) is 0 Å². The molecule has 0 spiro atoms. The minimum atomic E-state index is -4.55. The number of rotatable bonds is 2. The van der Waals surface area contributed by atoms with E-state index in [1.165, 1.54) is 12.1 Å². The van der Waals surface area contributed by atoms with Crippen molar-refractivity contribution in [3.05, 3.63) is 44.7 Å². The molecule has 0 saturated heterocycles. The van der Waals surface area contributed by atoms with Crippen LogP contribution in [-0.4, -0.2) is 9.97 Å². The van der Waals surface area contributed by atoms with Gasteiger partial charge in [-0.2, -0.15) is 13.2 Å². The van der Waals surface area contributed by atoms with Crippen LogP contribution in [-0.2, 0) is 6.18 Å². The number of halogens is 6. The Hall–Kier alpha value is -1.05. The Morgan fingerprint density at radius 1 is 1.15 bits per heavy atom. The van der Waals surface area contributed by atoms with Gasteiger partial charge in [0.1, 0.15) is 17.3 Å². The Kier molecular flexibility index (Phi) is 4.41. The van der Waals surface area contributed by atoms with E-state index in [1.54, 1.807) is 0 Å². The molecular formula is C11H5BrCl2F3N3. The smallest absolute Gasteiger partial charge is 0.339 e. The maximum atomic E-state index is 12.9. The van der Waals surface area contributed by atoms with Crippen LogP contribution < -0.4 is 5.32 Å². The molecule has 0 saturated carbocycles. The molecule has 0 bridgehead atoms. The number of alkyl halides is 3. The molecule has 20 heavy (non-hydrogen) atoms. The van der Waals surface area contributed by atoms with E-state index in [-0.39, 0.29) is 26.2 Å². The zero-order valence-corrected chi connectivity index (χ0v) is 12.6. The number of benzene rings is 1. The topological polar surface area (TPSA) is 37.8 Å². The monoisotopic (exact) mass is 385 g/mol. The summed E-state index contributed by atoms with van der Waals surface area (Å²) in [6.45, 7) is 0. The third-order valence-electron chi connectivity index (χ3n) is 2.29. The molecule has 0 atom stereocenters. The number of hydrogen-bond acceptors (Lipinski definition) is 3. The molecule has 9 heteroatoms. The van der Waals surface area contributed by atoms with E-state index in [2.05, 4.69) is 31.2 Å². The molecule has 0 aliphatic carbocycles. The number of anilines is 2. The third-order valence-corrected chi connectivity index (χ3v) is 3.79. The molecule has 106 valence electrons. The van der Waals surface area contributed by atoms with Crippen LogP contribution in [0.15, 0.2) is 29.0 Å². The molecule has 2 rings (SSSR count). The number of nitrogens with one attached hydrogen (secondary N) is 1. The summed E-state index contributed by atoms with van der Waals surface area (Å²) in [5.41, 5.74) is -1.08. The molecule has 1 heterocycles. The summed E-state index contributed by atoms with van der Waals surface area (Å²) in [4.78, 5) is 7.52. The molecule has 1 aromatic heterocycles. The zero-order chi connectivity index (χ0) is 14.9. The van der Waals surface area contributed by atoms with Gasteiger partial charge in [-0.25, -0.2) is 9.97 Å². The van der Waals surface area contributed by atoms with Gasteiger partial charge in [-0.05, 0) is 34.1 Å². The van der Waals surface area contributed by atoms with E-state index < -0.39 is 11.7 Å². The second-order valence-electron chi connectivity index (χ2n) is 3.64. The van der Waals surface area contributed by atoms with Crippen LogP contribution in [0.3, 0.4) is 0 Å². The largest absolute Gasteiger partial charge is 0.418 e. The molecule has 3 nitrogen and oxygen atoms in total. The lowest BCUT2D eigenvalue weighted by atomic mass is 10.1. The van der Waals surface area contributed by atoms with Crippen molar-refractivity contribution >= 4 is 50.6 Å². The van der Waals surface area contributed by atoms with Crippen molar-refractivity contribution in [2.24, 2.45) is 0 Å². The predicted octanol–water partition coefficient (Wildman–Crippen LogP) is 5.31. The van der Waals surface area contributed by atoms with Crippen molar-refractivity contribution < 1.29 is 13.2 Å². The lowest BCUT2D eigenvalue weighted by Gasteiger charge is -2.15. The first kappa shape index (κ1) is 15.3. The highest BCUT2D eigenvalue weighted by Gasteiger charge is 2.34. The van der Waals surface area contributed by atoms with Gasteiger partial charge in [0, 0.05) is 5.02 Å². The van der Waals surface area contributed by atoms with E-state index in [0.717, 1.165) is 12.4 Å². The average Bonchev–Trinajstić information content (AvgIpc) is 2.36. The summed E-state index contributed by atoms with van der Waals surface area (Å²) in [6.07, 6.45) is -3.41. The van der Waals surface area contributed by atoms with Crippen LogP contribution in [0.25, 0.3) is 0 Å². The quantitative estimate of drug-likeness (QED) is 0.711. The molecule has 1 aromatic carbocycles. The highest BCUT2D eigenvalue weighted by Crippen LogP contribution is 2.38. The van der Waals surface area contributed by atoms with Gasteiger partial charge >= 0.3 is 6.18 Å². The van der Waals surface area contributed by atoms with Gasteiger partial charge in [0.25, 0.3) is 0 Å². The van der Waals surface area contributed by atoms with Gasteiger partial charge in [-0.15, -0.1) is 0 Å². The van der Waals surface area contributed by atoms with Gasteiger partial charge < -0.3 is 5.32 Å². The molecule has 0 amide bonds. The number of nitrogens with zero attached hydrogens (tertiary/aromatic N) is 2. The zero-order valence-electron chi connectivity index (χ0n) is 9.47. The van der Waals surface area contributed by atoms with Crippen LogP contribution in [0.4, 0.5) is 24.7 Å². The Labute approximate surface area is 130 Å². The fourth-order valence-corrected chi connectivity index (χ4v) is 2.03. The molecule has 0 radical (unpaired) electrons. The fraction of sp³-hybridized carbons (Fsp3) is 0.0909. The predicted molar refractivity (Wildman–Crippen MR) is 74.5 cm³/mol. The standard InChI is InChI=1S/C11H5BrCl2F3N3/c12-8-9(14)18-4-19-10(8)20-7-2-1-5(13)3-6(7)11(15,16)17/h1-4H,(H,18,19,20). The first-order chi connectivity index (χ1) is 9.29. The SMILES string of the molecule is FC(F)(F)c1cc(Cl)ccc1Nc1ncnc(Cl)c1Br. The fourth-order valence-electron chi connectivity index (χ4n) is 1.42. The van der Waals surface area contributed by atoms with Crippen LogP contribution in [0.5, 0.6) is 0 Å². The Morgan fingerprint density at radius 2 is 1.85 bits per heavy atom. The lowest BCUT2D eigenvalue weighted by molar-refractivity contribution is -0.136. The van der Waals surface area contributed by atoms with Crippen molar-refractivity contribution in [1.29, 1.82) is 0 Å². The highest BCUT2D eigenvalue weighted by atomic mass is 79.9. The first-order valence-corrected chi connectivity index (χ1v) is 6.63. The van der Waals surface area contributed by atoms with Crippen LogP contribution >= 0.6 is 39.1 Å². The summed E-state index contributed by atoms with van der Waals surface area (Å²) >= 11 is 14.5. The summed E-state index contributed by atoms with van der Waals surface area (Å²) in [6, 6.07) is 3.39. The van der Waals surface area contributed by atoms with Gasteiger partial charge in [0.05, 0.1) is 15.7 Å². The van der Waals surface area contributed by atoms with Gasteiger partial charge in [-0.1, -0.05) is 23.2 Å². The molecule has 0 aliphatic rings. The summed E-state index contributed by atoms with van der Waals surface area (Å²) in [5.74, 6) is 0.123. The molecular weight excluding hydrogens is 382 g/mol. The van der Waals surface area contributed by atoms with Crippen molar-refractivity contribution in [3.63, 3.8) is 0 Å². The molecule has 0 aliphatic heterocycles. The average molecular weight is 387 g/mol. The number of hydrogen-bond donors (Lipinski definition) is 1. The molecule has 0 unspecified atom stereocenters. The lowest BCUT2D eigenvalue weighted by Crippen LogP contribution is -2.09. The van der Waals surface area contributed by atoms with Crippen LogP contribution in [0, 0.1) is 0 Å². The maximum Gasteiger partial charge on any atom is 0.418 e. The Morgan fingerprint density at radius 3 is 2.50 bits per heavy atom.